The van der Waals surface area contributed by atoms with Gasteiger partial charge in [-0.1, -0.05) is 24.3 Å². The van der Waals surface area contributed by atoms with Gasteiger partial charge in [0.15, 0.2) is 0 Å². The number of nitrogens with one attached hydrogen (secondary N) is 1. The van der Waals surface area contributed by atoms with Crippen molar-refractivity contribution in [2.24, 2.45) is 0 Å². The molecule has 1 unspecified atom stereocenters. The third kappa shape index (κ3) is 4.27. The first-order valence-electron chi connectivity index (χ1n) is 6.89. The summed E-state index contributed by atoms with van der Waals surface area (Å²) >= 11 is 0. The van der Waals surface area contributed by atoms with Crippen molar-refractivity contribution in [2.75, 3.05) is 27.2 Å². The van der Waals surface area contributed by atoms with E-state index in [0.29, 0.717) is 19.6 Å². The Hall–Kier alpha value is -1.49. The van der Waals surface area contributed by atoms with Crippen LogP contribution in [0.3, 0.4) is 0 Å². The molecule has 1 aromatic heterocycles. The second kappa shape index (κ2) is 6.31. The zero-order valence-electron chi connectivity index (χ0n) is 12.4. The summed E-state index contributed by atoms with van der Waals surface area (Å²) in [5.74, 6) is 0. The van der Waals surface area contributed by atoms with Gasteiger partial charge in [-0.3, -0.25) is 4.98 Å². The Labute approximate surface area is 120 Å². The summed E-state index contributed by atoms with van der Waals surface area (Å²) in [5, 5.41) is 14.6. The van der Waals surface area contributed by atoms with Crippen LogP contribution in [0.5, 0.6) is 0 Å². The third-order valence-corrected chi connectivity index (χ3v) is 3.12. The number of hydrogen-bond donors (Lipinski definition) is 2. The Morgan fingerprint density at radius 1 is 1.20 bits per heavy atom. The van der Waals surface area contributed by atoms with Crippen molar-refractivity contribution in [3.63, 3.8) is 0 Å². The Kier molecular flexibility index (Phi) is 4.70. The van der Waals surface area contributed by atoms with Gasteiger partial charge in [0.25, 0.3) is 0 Å². The molecule has 1 atom stereocenters. The molecule has 0 aliphatic carbocycles. The summed E-state index contributed by atoms with van der Waals surface area (Å²) in [6.07, 6.45) is 0. The molecule has 108 valence electrons. The van der Waals surface area contributed by atoms with Crippen LogP contribution in [0, 0.1) is 0 Å². The van der Waals surface area contributed by atoms with Gasteiger partial charge < -0.3 is 15.3 Å². The first kappa shape index (κ1) is 14.9. The van der Waals surface area contributed by atoms with Crippen molar-refractivity contribution in [3.8, 4) is 0 Å². The fraction of sp³-hybridized carbons (Fsp3) is 0.438. The van der Waals surface area contributed by atoms with Gasteiger partial charge in [-0.15, -0.1) is 0 Å². The second-order valence-electron chi connectivity index (χ2n) is 5.83. The highest BCUT2D eigenvalue weighted by molar-refractivity contribution is 5.78. The van der Waals surface area contributed by atoms with Crippen LogP contribution >= 0.6 is 0 Å². The molecule has 4 nitrogen and oxygen atoms in total. The number of aliphatic hydroxyl groups is 1. The first-order valence-corrected chi connectivity index (χ1v) is 6.89. The zero-order chi connectivity index (χ0) is 14.6. The number of pyridine rings is 1. The lowest BCUT2D eigenvalue weighted by Gasteiger charge is -2.27. The van der Waals surface area contributed by atoms with E-state index in [2.05, 4.69) is 22.4 Å². The molecular weight excluding hydrogens is 250 g/mol. The minimum Gasteiger partial charge on any atom is -0.388 e. The highest BCUT2D eigenvalue weighted by Gasteiger charge is 2.20. The lowest BCUT2D eigenvalue weighted by molar-refractivity contribution is 0.0335. The lowest BCUT2D eigenvalue weighted by Crippen LogP contribution is -2.45. The number of hydrogen-bond acceptors (Lipinski definition) is 4. The van der Waals surface area contributed by atoms with E-state index < -0.39 is 5.60 Å². The summed E-state index contributed by atoms with van der Waals surface area (Å²) < 4.78 is 0. The maximum atomic E-state index is 10.2. The van der Waals surface area contributed by atoms with Crippen molar-refractivity contribution in [3.05, 3.63) is 42.1 Å². The normalized spacial score (nSPS) is 14.7. The predicted molar refractivity (Wildman–Crippen MR) is 82.6 cm³/mol. The first-order chi connectivity index (χ1) is 9.46. The van der Waals surface area contributed by atoms with Crippen LogP contribution in [0.1, 0.15) is 12.6 Å². The van der Waals surface area contributed by atoms with Crippen LogP contribution < -0.4 is 5.32 Å². The van der Waals surface area contributed by atoms with Gasteiger partial charge in [0.2, 0.25) is 0 Å². The van der Waals surface area contributed by atoms with E-state index in [1.54, 1.807) is 0 Å². The van der Waals surface area contributed by atoms with Crippen molar-refractivity contribution in [1.82, 2.24) is 15.2 Å². The van der Waals surface area contributed by atoms with Crippen LogP contribution in [-0.2, 0) is 6.54 Å². The van der Waals surface area contributed by atoms with Gasteiger partial charge >= 0.3 is 0 Å². The van der Waals surface area contributed by atoms with E-state index in [0.717, 1.165) is 16.6 Å². The molecule has 4 heteroatoms. The average molecular weight is 273 g/mol. The van der Waals surface area contributed by atoms with Crippen molar-refractivity contribution >= 4 is 10.9 Å². The Morgan fingerprint density at radius 3 is 2.70 bits per heavy atom. The van der Waals surface area contributed by atoms with Crippen LogP contribution in [0.25, 0.3) is 10.9 Å². The summed E-state index contributed by atoms with van der Waals surface area (Å²) in [7, 11) is 3.92. The number of para-hydroxylation sites is 1. The molecule has 0 saturated carbocycles. The Balaban J connectivity index is 1.92. The maximum Gasteiger partial charge on any atom is 0.0869 e. The molecule has 0 spiro atoms. The van der Waals surface area contributed by atoms with Gasteiger partial charge in [0.05, 0.1) is 16.8 Å². The lowest BCUT2D eigenvalue weighted by atomic mass is 10.1. The highest BCUT2D eigenvalue weighted by atomic mass is 16.3. The van der Waals surface area contributed by atoms with Crippen LogP contribution in [0.15, 0.2) is 36.4 Å². The van der Waals surface area contributed by atoms with Crippen molar-refractivity contribution in [2.45, 2.75) is 19.1 Å². The largest absolute Gasteiger partial charge is 0.388 e. The monoisotopic (exact) mass is 273 g/mol. The van der Waals surface area contributed by atoms with Gasteiger partial charge in [-0.25, -0.2) is 0 Å². The Bertz CT molecular complexity index is 566. The molecule has 0 aliphatic heterocycles. The SMILES string of the molecule is CN(C)CC(C)(O)CNCc1ccc2ccccc2n1. The fourth-order valence-corrected chi connectivity index (χ4v) is 2.40. The maximum absolute atomic E-state index is 10.2. The van der Waals surface area contributed by atoms with E-state index >= 15 is 0 Å². The van der Waals surface area contributed by atoms with E-state index in [4.69, 9.17) is 0 Å². The summed E-state index contributed by atoms with van der Waals surface area (Å²) in [6, 6.07) is 12.2. The number of aromatic nitrogens is 1. The Morgan fingerprint density at radius 2 is 1.95 bits per heavy atom. The standard InChI is InChI=1S/C16H23N3O/c1-16(20,12-19(2)3)11-17-10-14-9-8-13-6-4-5-7-15(13)18-14/h4-9,17,20H,10-12H2,1-3H3. The smallest absolute Gasteiger partial charge is 0.0869 e. The number of fused-ring (bicyclic) bond motifs is 1. The average Bonchev–Trinajstić information content (AvgIpc) is 2.37. The molecule has 2 aromatic rings. The minimum atomic E-state index is -0.736. The quantitative estimate of drug-likeness (QED) is 0.840. The molecule has 0 aliphatic rings. The molecular formula is C16H23N3O. The fourth-order valence-electron chi connectivity index (χ4n) is 2.40. The highest BCUT2D eigenvalue weighted by Crippen LogP contribution is 2.11. The van der Waals surface area contributed by atoms with Crippen molar-refractivity contribution < 1.29 is 5.11 Å². The van der Waals surface area contributed by atoms with Gasteiger partial charge in [-0.05, 0) is 33.2 Å². The van der Waals surface area contributed by atoms with Gasteiger partial charge in [0, 0.05) is 25.0 Å². The van der Waals surface area contributed by atoms with Crippen LogP contribution in [0.2, 0.25) is 0 Å². The van der Waals surface area contributed by atoms with Gasteiger partial charge in [-0.2, -0.15) is 0 Å². The number of nitrogens with zero attached hydrogens (tertiary/aromatic N) is 2. The molecule has 2 rings (SSSR count). The number of likely N-dealkylation sites (N-methyl/N-ethyl adjacent to an activating group) is 1. The molecule has 0 bridgehead atoms. The second-order valence-corrected chi connectivity index (χ2v) is 5.83. The summed E-state index contributed by atoms with van der Waals surface area (Å²) in [5.41, 5.74) is 1.26. The van der Waals surface area contributed by atoms with Crippen LogP contribution in [0.4, 0.5) is 0 Å². The molecule has 1 heterocycles. The topological polar surface area (TPSA) is 48.4 Å². The van der Waals surface area contributed by atoms with E-state index in [9.17, 15) is 5.11 Å². The van der Waals surface area contributed by atoms with E-state index in [-0.39, 0.29) is 0 Å². The van der Waals surface area contributed by atoms with E-state index in [1.807, 2.05) is 50.2 Å². The number of benzene rings is 1. The van der Waals surface area contributed by atoms with Gasteiger partial charge in [0.1, 0.15) is 0 Å². The molecule has 0 radical (unpaired) electrons. The summed E-state index contributed by atoms with van der Waals surface area (Å²) in [4.78, 5) is 6.58. The third-order valence-electron chi connectivity index (χ3n) is 3.12. The molecule has 0 saturated heterocycles. The van der Waals surface area contributed by atoms with Crippen molar-refractivity contribution in [1.29, 1.82) is 0 Å². The summed E-state index contributed by atoms with van der Waals surface area (Å²) in [6.45, 7) is 3.67. The molecule has 1 aromatic carbocycles. The van der Waals surface area contributed by atoms with E-state index in [1.165, 1.54) is 0 Å². The molecule has 20 heavy (non-hydrogen) atoms. The zero-order valence-corrected chi connectivity index (χ0v) is 12.4. The number of rotatable bonds is 6. The minimum absolute atomic E-state index is 0.541. The van der Waals surface area contributed by atoms with Crippen LogP contribution in [-0.4, -0.2) is 47.8 Å². The molecule has 2 N–H and O–H groups in total. The predicted octanol–water partition coefficient (Wildman–Crippen LogP) is 1.64. The molecule has 0 fully saturated rings. The molecule has 0 amide bonds.